The quantitative estimate of drug-likeness (QED) is 0.488. The SMILES string of the molecule is C=CCN1CCN2CC(Cl)CC2C1. The van der Waals surface area contributed by atoms with Crippen LogP contribution in [0.1, 0.15) is 6.42 Å². The minimum Gasteiger partial charge on any atom is -0.297 e. The molecule has 2 heterocycles. The van der Waals surface area contributed by atoms with Crippen LogP contribution in [-0.2, 0) is 0 Å². The van der Waals surface area contributed by atoms with Crippen molar-refractivity contribution in [1.82, 2.24) is 9.80 Å². The zero-order valence-electron chi connectivity index (χ0n) is 7.95. The Kier molecular flexibility index (Phi) is 2.92. The summed E-state index contributed by atoms with van der Waals surface area (Å²) in [7, 11) is 0. The maximum Gasteiger partial charge on any atom is 0.0478 e. The van der Waals surface area contributed by atoms with Crippen molar-refractivity contribution in [3.63, 3.8) is 0 Å². The molecule has 2 rings (SSSR count). The fourth-order valence-electron chi connectivity index (χ4n) is 2.39. The van der Waals surface area contributed by atoms with Gasteiger partial charge in [0, 0.05) is 44.1 Å². The Hall–Kier alpha value is -0.0500. The number of rotatable bonds is 2. The van der Waals surface area contributed by atoms with E-state index in [0.717, 1.165) is 19.5 Å². The van der Waals surface area contributed by atoms with Crippen molar-refractivity contribution in [1.29, 1.82) is 0 Å². The number of alkyl halides is 1. The predicted octanol–water partition coefficient (Wildman–Crippen LogP) is 1.17. The summed E-state index contributed by atoms with van der Waals surface area (Å²) in [6.07, 6.45) is 3.15. The normalized spacial score (nSPS) is 36.1. The van der Waals surface area contributed by atoms with Gasteiger partial charge in [-0.3, -0.25) is 9.80 Å². The molecule has 74 valence electrons. The van der Waals surface area contributed by atoms with Gasteiger partial charge in [-0.25, -0.2) is 0 Å². The maximum atomic E-state index is 6.13. The molecule has 0 aliphatic carbocycles. The molecule has 0 aromatic heterocycles. The molecule has 0 saturated carbocycles. The summed E-state index contributed by atoms with van der Waals surface area (Å²) >= 11 is 6.13. The van der Waals surface area contributed by atoms with Gasteiger partial charge < -0.3 is 0 Å². The van der Waals surface area contributed by atoms with E-state index in [4.69, 9.17) is 11.6 Å². The summed E-state index contributed by atoms with van der Waals surface area (Å²) in [5, 5.41) is 0.383. The zero-order chi connectivity index (χ0) is 9.26. The second-order valence-corrected chi connectivity index (χ2v) is 4.65. The fraction of sp³-hybridized carbons (Fsp3) is 0.800. The largest absolute Gasteiger partial charge is 0.297 e. The number of fused-ring (bicyclic) bond motifs is 1. The molecule has 2 aliphatic heterocycles. The number of nitrogens with zero attached hydrogens (tertiary/aromatic N) is 2. The van der Waals surface area contributed by atoms with E-state index in [1.54, 1.807) is 0 Å². The Morgan fingerprint density at radius 1 is 1.38 bits per heavy atom. The van der Waals surface area contributed by atoms with Crippen LogP contribution in [0.4, 0.5) is 0 Å². The summed E-state index contributed by atoms with van der Waals surface area (Å²) in [4.78, 5) is 4.99. The summed E-state index contributed by atoms with van der Waals surface area (Å²) in [6.45, 7) is 9.42. The molecule has 0 spiro atoms. The third kappa shape index (κ3) is 2.06. The first-order valence-electron chi connectivity index (χ1n) is 5.01. The van der Waals surface area contributed by atoms with E-state index in [9.17, 15) is 0 Å². The Balaban J connectivity index is 1.89. The Labute approximate surface area is 85.1 Å². The van der Waals surface area contributed by atoms with Gasteiger partial charge in [0.2, 0.25) is 0 Å². The fourth-order valence-corrected chi connectivity index (χ4v) is 2.78. The van der Waals surface area contributed by atoms with Gasteiger partial charge in [0.05, 0.1) is 0 Å². The maximum absolute atomic E-state index is 6.13. The van der Waals surface area contributed by atoms with Crippen LogP contribution in [0.15, 0.2) is 12.7 Å². The van der Waals surface area contributed by atoms with Gasteiger partial charge in [-0.15, -0.1) is 18.2 Å². The number of hydrogen-bond acceptors (Lipinski definition) is 2. The van der Waals surface area contributed by atoms with E-state index in [0.29, 0.717) is 11.4 Å². The smallest absolute Gasteiger partial charge is 0.0478 e. The van der Waals surface area contributed by atoms with E-state index in [1.807, 2.05) is 6.08 Å². The standard InChI is InChI=1S/C10H17ClN2/c1-2-3-12-4-5-13-7-9(11)6-10(13)8-12/h2,9-10H,1,3-8H2. The van der Waals surface area contributed by atoms with Crippen molar-refractivity contribution in [3.05, 3.63) is 12.7 Å². The topological polar surface area (TPSA) is 6.48 Å². The van der Waals surface area contributed by atoms with Crippen molar-refractivity contribution in [2.45, 2.75) is 17.8 Å². The molecular formula is C10H17ClN2. The minimum atomic E-state index is 0.383. The first-order valence-corrected chi connectivity index (χ1v) is 5.44. The third-order valence-electron chi connectivity index (χ3n) is 3.04. The second kappa shape index (κ2) is 3.99. The molecule has 3 heteroatoms. The van der Waals surface area contributed by atoms with Gasteiger partial charge in [-0.05, 0) is 6.42 Å². The van der Waals surface area contributed by atoms with Crippen molar-refractivity contribution in [2.24, 2.45) is 0 Å². The Morgan fingerprint density at radius 2 is 2.23 bits per heavy atom. The van der Waals surface area contributed by atoms with Crippen LogP contribution < -0.4 is 0 Å². The molecule has 2 atom stereocenters. The molecule has 2 nitrogen and oxygen atoms in total. The molecular weight excluding hydrogens is 184 g/mol. The Morgan fingerprint density at radius 3 is 3.00 bits per heavy atom. The minimum absolute atomic E-state index is 0.383. The third-order valence-corrected chi connectivity index (χ3v) is 3.35. The highest BCUT2D eigenvalue weighted by Gasteiger charge is 2.34. The predicted molar refractivity (Wildman–Crippen MR) is 56.3 cm³/mol. The lowest BCUT2D eigenvalue weighted by Crippen LogP contribution is -2.49. The van der Waals surface area contributed by atoms with E-state index in [-0.39, 0.29) is 0 Å². The summed E-state index contributed by atoms with van der Waals surface area (Å²) in [5.74, 6) is 0. The highest BCUT2D eigenvalue weighted by Crippen LogP contribution is 2.25. The monoisotopic (exact) mass is 200 g/mol. The van der Waals surface area contributed by atoms with Gasteiger partial charge in [-0.1, -0.05) is 6.08 Å². The van der Waals surface area contributed by atoms with Crippen LogP contribution in [0.3, 0.4) is 0 Å². The van der Waals surface area contributed by atoms with Crippen molar-refractivity contribution < 1.29 is 0 Å². The van der Waals surface area contributed by atoms with E-state index < -0.39 is 0 Å². The summed E-state index contributed by atoms with van der Waals surface area (Å²) in [6, 6.07) is 0.705. The lowest BCUT2D eigenvalue weighted by atomic mass is 10.1. The second-order valence-electron chi connectivity index (χ2n) is 4.03. The average Bonchev–Trinajstić information content (AvgIpc) is 2.44. The van der Waals surface area contributed by atoms with E-state index in [2.05, 4.69) is 16.4 Å². The summed E-state index contributed by atoms with van der Waals surface area (Å²) < 4.78 is 0. The first-order chi connectivity index (χ1) is 6.29. The number of halogens is 1. The molecule has 2 fully saturated rings. The highest BCUT2D eigenvalue weighted by atomic mass is 35.5. The average molecular weight is 201 g/mol. The summed E-state index contributed by atoms with van der Waals surface area (Å²) in [5.41, 5.74) is 0. The van der Waals surface area contributed by atoms with Gasteiger partial charge in [0.1, 0.15) is 0 Å². The van der Waals surface area contributed by atoms with Crippen LogP contribution in [0.2, 0.25) is 0 Å². The van der Waals surface area contributed by atoms with Crippen LogP contribution in [-0.4, -0.2) is 53.9 Å². The van der Waals surface area contributed by atoms with Crippen LogP contribution >= 0.6 is 11.6 Å². The molecule has 0 aromatic rings. The Bertz CT molecular complexity index is 195. The lowest BCUT2D eigenvalue weighted by molar-refractivity contribution is 0.114. The molecule has 2 saturated heterocycles. The van der Waals surface area contributed by atoms with E-state index >= 15 is 0 Å². The molecule has 2 aliphatic rings. The van der Waals surface area contributed by atoms with Crippen molar-refractivity contribution in [3.8, 4) is 0 Å². The van der Waals surface area contributed by atoms with Gasteiger partial charge in [0.25, 0.3) is 0 Å². The lowest BCUT2D eigenvalue weighted by Gasteiger charge is -2.36. The first kappa shape index (κ1) is 9.50. The van der Waals surface area contributed by atoms with Crippen molar-refractivity contribution in [2.75, 3.05) is 32.7 Å². The molecule has 0 amide bonds. The highest BCUT2D eigenvalue weighted by molar-refractivity contribution is 6.21. The molecule has 13 heavy (non-hydrogen) atoms. The number of hydrogen-bond donors (Lipinski definition) is 0. The van der Waals surface area contributed by atoms with E-state index in [1.165, 1.54) is 19.6 Å². The van der Waals surface area contributed by atoms with Gasteiger partial charge >= 0.3 is 0 Å². The molecule has 0 aromatic carbocycles. The molecule has 2 unspecified atom stereocenters. The zero-order valence-corrected chi connectivity index (χ0v) is 8.71. The van der Waals surface area contributed by atoms with Crippen LogP contribution in [0.25, 0.3) is 0 Å². The number of piperazine rings is 1. The van der Waals surface area contributed by atoms with Crippen LogP contribution in [0, 0.1) is 0 Å². The van der Waals surface area contributed by atoms with Gasteiger partial charge in [-0.2, -0.15) is 0 Å². The van der Waals surface area contributed by atoms with Crippen molar-refractivity contribution >= 4 is 11.6 Å². The molecule has 0 N–H and O–H groups in total. The van der Waals surface area contributed by atoms with Gasteiger partial charge in [0.15, 0.2) is 0 Å². The molecule has 0 radical (unpaired) electrons. The van der Waals surface area contributed by atoms with Crippen LogP contribution in [0.5, 0.6) is 0 Å². The molecule has 0 bridgehead atoms.